The number of unbranched alkanes of at least 4 members (excludes halogenated alkanes) is 1. The van der Waals surface area contributed by atoms with Crippen molar-refractivity contribution < 1.29 is 9.53 Å². The van der Waals surface area contributed by atoms with Gasteiger partial charge in [0.15, 0.2) is 0 Å². The number of hydrogen-bond acceptors (Lipinski definition) is 2. The zero-order chi connectivity index (χ0) is 7.82. The van der Waals surface area contributed by atoms with Gasteiger partial charge in [-0.3, -0.25) is 4.79 Å². The highest BCUT2D eigenvalue weighted by Gasteiger charge is 1.94. The Kier molecular flexibility index (Phi) is 6.18. The van der Waals surface area contributed by atoms with Gasteiger partial charge in [0.25, 0.3) is 0 Å². The van der Waals surface area contributed by atoms with Gasteiger partial charge < -0.3 is 10.1 Å². The molecule has 0 heterocycles. The van der Waals surface area contributed by atoms with E-state index in [9.17, 15) is 4.79 Å². The van der Waals surface area contributed by atoms with Crippen LogP contribution in [0.5, 0.6) is 0 Å². The molecule has 0 rings (SSSR count). The summed E-state index contributed by atoms with van der Waals surface area (Å²) in [6.07, 6.45) is 2.09. The van der Waals surface area contributed by atoms with E-state index in [4.69, 9.17) is 4.74 Å². The Morgan fingerprint density at radius 2 is 2.40 bits per heavy atom. The van der Waals surface area contributed by atoms with E-state index in [1.54, 1.807) is 0 Å². The fraction of sp³-hybridized carbons (Fsp3) is 0.714. The standard InChI is InChI=1S/C7H14NO2/c1-3-4-5-10-6-7(9)8-2/h2-6H2,1H3,(H,8,9). The van der Waals surface area contributed by atoms with Crippen LogP contribution in [-0.4, -0.2) is 19.1 Å². The molecule has 0 aromatic heterocycles. The van der Waals surface area contributed by atoms with E-state index in [1.807, 2.05) is 0 Å². The molecule has 0 saturated carbocycles. The first kappa shape index (κ1) is 9.43. The number of carbonyl (C=O) groups excluding carboxylic acids is 1. The fourth-order valence-corrected chi connectivity index (χ4v) is 0.462. The lowest BCUT2D eigenvalue weighted by Crippen LogP contribution is -2.21. The number of ether oxygens (including phenoxy) is 1. The van der Waals surface area contributed by atoms with Crippen LogP contribution in [0.15, 0.2) is 0 Å². The van der Waals surface area contributed by atoms with Crippen molar-refractivity contribution in [1.82, 2.24) is 5.32 Å². The summed E-state index contributed by atoms with van der Waals surface area (Å²) in [4.78, 5) is 10.5. The molecule has 0 saturated heterocycles. The van der Waals surface area contributed by atoms with Gasteiger partial charge >= 0.3 is 0 Å². The maximum atomic E-state index is 10.5. The van der Waals surface area contributed by atoms with Crippen LogP contribution in [-0.2, 0) is 9.53 Å². The fourth-order valence-electron chi connectivity index (χ4n) is 0.462. The molecular weight excluding hydrogens is 130 g/mol. The summed E-state index contributed by atoms with van der Waals surface area (Å²) in [5.41, 5.74) is 0. The predicted molar refractivity (Wildman–Crippen MR) is 39.2 cm³/mol. The van der Waals surface area contributed by atoms with Gasteiger partial charge in [-0.15, -0.1) is 0 Å². The average molecular weight is 144 g/mol. The molecule has 0 atom stereocenters. The summed E-state index contributed by atoms with van der Waals surface area (Å²) in [7, 11) is 3.20. The molecule has 0 bridgehead atoms. The number of carbonyl (C=O) groups is 1. The normalized spacial score (nSPS) is 9.40. The molecule has 1 radical (unpaired) electrons. The van der Waals surface area contributed by atoms with E-state index in [0.29, 0.717) is 6.61 Å². The highest BCUT2D eigenvalue weighted by atomic mass is 16.5. The second-order valence-electron chi connectivity index (χ2n) is 2.01. The monoisotopic (exact) mass is 144 g/mol. The maximum Gasteiger partial charge on any atom is 0.246 e. The van der Waals surface area contributed by atoms with Crippen molar-refractivity contribution in [2.75, 3.05) is 13.2 Å². The molecule has 0 unspecified atom stereocenters. The second kappa shape index (κ2) is 6.55. The zero-order valence-electron chi connectivity index (χ0n) is 6.35. The third-order valence-corrected chi connectivity index (χ3v) is 1.07. The van der Waals surface area contributed by atoms with Crippen LogP contribution >= 0.6 is 0 Å². The van der Waals surface area contributed by atoms with Crippen molar-refractivity contribution in [1.29, 1.82) is 0 Å². The van der Waals surface area contributed by atoms with Gasteiger partial charge in [-0.2, -0.15) is 0 Å². The molecular formula is C7H14NO2. The lowest BCUT2D eigenvalue weighted by molar-refractivity contribution is -0.124. The van der Waals surface area contributed by atoms with Crippen molar-refractivity contribution in [3.8, 4) is 0 Å². The van der Waals surface area contributed by atoms with Crippen molar-refractivity contribution in [2.24, 2.45) is 0 Å². The Labute approximate surface area is 61.8 Å². The minimum atomic E-state index is -0.170. The smallest absolute Gasteiger partial charge is 0.246 e. The quantitative estimate of drug-likeness (QED) is 0.577. The summed E-state index contributed by atoms with van der Waals surface area (Å²) in [6.45, 7) is 2.86. The largest absolute Gasteiger partial charge is 0.372 e. The lowest BCUT2D eigenvalue weighted by atomic mass is 10.4. The van der Waals surface area contributed by atoms with E-state index >= 15 is 0 Å². The molecule has 59 valence electrons. The van der Waals surface area contributed by atoms with Gasteiger partial charge in [-0.1, -0.05) is 13.3 Å². The second-order valence-corrected chi connectivity index (χ2v) is 2.01. The van der Waals surface area contributed by atoms with Gasteiger partial charge in [-0.05, 0) is 6.42 Å². The van der Waals surface area contributed by atoms with Gasteiger partial charge in [0, 0.05) is 13.7 Å². The van der Waals surface area contributed by atoms with E-state index in [-0.39, 0.29) is 12.5 Å². The van der Waals surface area contributed by atoms with E-state index in [2.05, 4.69) is 19.3 Å². The van der Waals surface area contributed by atoms with Crippen LogP contribution in [0.25, 0.3) is 0 Å². The summed E-state index contributed by atoms with van der Waals surface area (Å²) < 4.78 is 4.97. The van der Waals surface area contributed by atoms with Crippen molar-refractivity contribution in [3.63, 3.8) is 0 Å². The first-order valence-corrected chi connectivity index (χ1v) is 3.45. The molecule has 0 aliphatic heterocycles. The first-order valence-electron chi connectivity index (χ1n) is 3.45. The maximum absolute atomic E-state index is 10.5. The Morgan fingerprint density at radius 3 is 2.90 bits per heavy atom. The van der Waals surface area contributed by atoms with Crippen LogP contribution in [0, 0.1) is 7.05 Å². The van der Waals surface area contributed by atoms with E-state index < -0.39 is 0 Å². The molecule has 0 fully saturated rings. The Hall–Kier alpha value is -0.570. The highest BCUT2D eigenvalue weighted by molar-refractivity contribution is 5.77. The molecule has 0 aromatic rings. The first-order chi connectivity index (χ1) is 4.81. The van der Waals surface area contributed by atoms with Crippen LogP contribution < -0.4 is 5.32 Å². The number of rotatable bonds is 5. The minimum absolute atomic E-state index is 0.128. The molecule has 1 N–H and O–H groups in total. The van der Waals surface area contributed by atoms with E-state index in [0.717, 1.165) is 12.8 Å². The van der Waals surface area contributed by atoms with Crippen LogP contribution in [0.1, 0.15) is 19.8 Å². The molecule has 0 aromatic carbocycles. The third kappa shape index (κ3) is 5.56. The van der Waals surface area contributed by atoms with Gasteiger partial charge in [0.2, 0.25) is 5.91 Å². The highest BCUT2D eigenvalue weighted by Crippen LogP contribution is 1.86. The van der Waals surface area contributed by atoms with Crippen molar-refractivity contribution in [2.45, 2.75) is 19.8 Å². The number of nitrogens with one attached hydrogen (secondary N) is 1. The molecule has 0 aliphatic rings. The molecule has 0 spiro atoms. The molecule has 3 heteroatoms. The molecule has 10 heavy (non-hydrogen) atoms. The Bertz CT molecular complexity index is 93.6. The zero-order valence-corrected chi connectivity index (χ0v) is 6.35. The minimum Gasteiger partial charge on any atom is -0.372 e. The SMILES string of the molecule is [CH2]NC(=O)COCCCC. The van der Waals surface area contributed by atoms with Gasteiger partial charge in [-0.25, -0.2) is 0 Å². The summed E-state index contributed by atoms with van der Waals surface area (Å²) in [6, 6.07) is 0. The van der Waals surface area contributed by atoms with Gasteiger partial charge in [0.1, 0.15) is 6.61 Å². The van der Waals surface area contributed by atoms with Crippen LogP contribution in [0.4, 0.5) is 0 Å². The molecule has 1 amide bonds. The Morgan fingerprint density at radius 1 is 1.70 bits per heavy atom. The molecule has 0 aliphatic carbocycles. The van der Waals surface area contributed by atoms with Crippen LogP contribution in [0.3, 0.4) is 0 Å². The third-order valence-electron chi connectivity index (χ3n) is 1.07. The van der Waals surface area contributed by atoms with Crippen molar-refractivity contribution in [3.05, 3.63) is 7.05 Å². The summed E-state index contributed by atoms with van der Waals surface area (Å²) in [5, 5.41) is 2.23. The molecule has 3 nitrogen and oxygen atoms in total. The summed E-state index contributed by atoms with van der Waals surface area (Å²) >= 11 is 0. The van der Waals surface area contributed by atoms with Crippen molar-refractivity contribution >= 4 is 5.91 Å². The predicted octanol–water partition coefficient (Wildman–Crippen LogP) is 0.711. The van der Waals surface area contributed by atoms with E-state index in [1.165, 1.54) is 0 Å². The van der Waals surface area contributed by atoms with Crippen LogP contribution in [0.2, 0.25) is 0 Å². The summed E-state index contributed by atoms with van der Waals surface area (Å²) in [5.74, 6) is -0.170. The lowest BCUT2D eigenvalue weighted by Gasteiger charge is -2.00. The topological polar surface area (TPSA) is 38.3 Å². The number of hydrogen-bond donors (Lipinski definition) is 1. The Balaban J connectivity index is 2.96. The average Bonchev–Trinajstić information content (AvgIpc) is 1.98. The number of amides is 1. The van der Waals surface area contributed by atoms with Gasteiger partial charge in [0.05, 0.1) is 0 Å².